The monoisotopic (exact) mass is 425 g/mol. The van der Waals surface area contributed by atoms with Crippen LogP contribution in [0.25, 0.3) is 16.2 Å². The van der Waals surface area contributed by atoms with Gasteiger partial charge in [0.1, 0.15) is 5.75 Å². The van der Waals surface area contributed by atoms with Crippen molar-refractivity contribution in [1.29, 1.82) is 0 Å². The Bertz CT molecular complexity index is 1120. The molecule has 0 bridgehead atoms. The Balaban J connectivity index is 1.36. The van der Waals surface area contributed by atoms with E-state index in [-0.39, 0.29) is 5.91 Å². The first-order valence-corrected chi connectivity index (χ1v) is 10.5. The van der Waals surface area contributed by atoms with Crippen LogP contribution in [0.5, 0.6) is 5.75 Å². The number of nitrogens with one attached hydrogen (secondary N) is 1. The largest absolute Gasteiger partial charge is 0.497 e. The zero-order valence-electron chi connectivity index (χ0n) is 15.9. The number of amides is 1. The highest BCUT2D eigenvalue weighted by Gasteiger charge is 2.11. The molecule has 0 fully saturated rings. The molecule has 5 nitrogen and oxygen atoms in total. The summed E-state index contributed by atoms with van der Waals surface area (Å²) in [5.74, 6) is 0.832. The summed E-state index contributed by atoms with van der Waals surface area (Å²) in [6.07, 6.45) is 3.10. The Labute approximate surface area is 177 Å². The fraction of sp³-hybridized carbons (Fsp3) is 0.182. The molecule has 0 aliphatic heterocycles. The van der Waals surface area contributed by atoms with Crippen LogP contribution in [0.3, 0.4) is 0 Å². The third-order valence-electron chi connectivity index (χ3n) is 4.68. The van der Waals surface area contributed by atoms with Crippen molar-refractivity contribution in [3.63, 3.8) is 0 Å². The van der Waals surface area contributed by atoms with Gasteiger partial charge in [0.25, 0.3) is 0 Å². The van der Waals surface area contributed by atoms with Crippen LogP contribution < -0.4 is 10.1 Å². The maximum Gasteiger partial charge on any atom is 0.220 e. The molecule has 1 N–H and O–H groups in total. The summed E-state index contributed by atoms with van der Waals surface area (Å²) in [7, 11) is 1.64. The van der Waals surface area contributed by atoms with E-state index in [0.29, 0.717) is 24.4 Å². The van der Waals surface area contributed by atoms with Gasteiger partial charge in [-0.15, -0.1) is 11.3 Å². The number of ether oxygens (including phenoxy) is 1. The van der Waals surface area contributed by atoms with Gasteiger partial charge in [-0.25, -0.2) is 4.98 Å². The molecule has 0 saturated heterocycles. The molecular weight excluding hydrogens is 406 g/mol. The van der Waals surface area contributed by atoms with Gasteiger partial charge in [0.2, 0.25) is 5.91 Å². The summed E-state index contributed by atoms with van der Waals surface area (Å²) in [5.41, 5.74) is 4.05. The standard InChI is InChI=1S/C22H20ClN3O2S/c1-28-19-9-2-15(3-10-19)12-24-21(27)11-8-18-14-29-22-25-20(13-26(18)22)16-4-6-17(23)7-5-16/h2-7,9-10,13-14H,8,11-12H2,1H3,(H,24,27). The lowest BCUT2D eigenvalue weighted by atomic mass is 10.2. The van der Waals surface area contributed by atoms with Gasteiger partial charge in [0, 0.05) is 40.8 Å². The van der Waals surface area contributed by atoms with Crippen LogP contribution in [0.2, 0.25) is 5.02 Å². The topological polar surface area (TPSA) is 55.6 Å². The van der Waals surface area contributed by atoms with Gasteiger partial charge in [0.15, 0.2) is 4.96 Å². The van der Waals surface area contributed by atoms with E-state index in [0.717, 1.165) is 33.2 Å². The highest BCUT2D eigenvalue weighted by atomic mass is 35.5. The van der Waals surface area contributed by atoms with Crippen LogP contribution >= 0.6 is 22.9 Å². The maximum atomic E-state index is 12.3. The molecule has 148 valence electrons. The summed E-state index contributed by atoms with van der Waals surface area (Å²) in [6.45, 7) is 0.508. The van der Waals surface area contributed by atoms with Crippen molar-refractivity contribution in [3.05, 3.63) is 76.4 Å². The van der Waals surface area contributed by atoms with Gasteiger partial charge in [-0.05, 0) is 36.2 Å². The minimum atomic E-state index is 0.0261. The first kappa shape index (κ1) is 19.5. The van der Waals surface area contributed by atoms with Crippen LogP contribution in [0.15, 0.2) is 60.1 Å². The molecule has 0 unspecified atom stereocenters. The Hall–Kier alpha value is -2.83. The molecule has 4 aromatic rings. The van der Waals surface area contributed by atoms with E-state index in [2.05, 4.69) is 20.1 Å². The number of thiazole rings is 1. The molecule has 2 aromatic heterocycles. The number of rotatable bonds is 7. The zero-order valence-corrected chi connectivity index (χ0v) is 17.5. The Morgan fingerprint density at radius 2 is 1.93 bits per heavy atom. The number of hydrogen-bond acceptors (Lipinski definition) is 4. The van der Waals surface area contributed by atoms with Crippen LogP contribution in [-0.2, 0) is 17.8 Å². The van der Waals surface area contributed by atoms with Gasteiger partial charge in [0.05, 0.1) is 12.8 Å². The third kappa shape index (κ3) is 4.60. The number of hydrogen-bond donors (Lipinski definition) is 1. The van der Waals surface area contributed by atoms with E-state index in [1.165, 1.54) is 0 Å². The van der Waals surface area contributed by atoms with Crippen molar-refractivity contribution in [2.45, 2.75) is 19.4 Å². The minimum Gasteiger partial charge on any atom is -0.497 e. The predicted octanol–water partition coefficient (Wildman–Crippen LogP) is 4.97. The molecule has 4 rings (SSSR count). The second-order valence-electron chi connectivity index (χ2n) is 6.64. The van der Waals surface area contributed by atoms with Crippen LogP contribution in [0.1, 0.15) is 17.7 Å². The van der Waals surface area contributed by atoms with Crippen LogP contribution in [-0.4, -0.2) is 22.4 Å². The molecule has 7 heteroatoms. The van der Waals surface area contributed by atoms with Gasteiger partial charge >= 0.3 is 0 Å². The van der Waals surface area contributed by atoms with Crippen molar-refractivity contribution in [3.8, 4) is 17.0 Å². The molecule has 0 spiro atoms. The number of carbonyl (C=O) groups is 1. The molecule has 0 aliphatic carbocycles. The quantitative estimate of drug-likeness (QED) is 0.454. The summed E-state index contributed by atoms with van der Waals surface area (Å²) in [4.78, 5) is 17.9. The molecular formula is C22H20ClN3O2S. The Morgan fingerprint density at radius 1 is 1.17 bits per heavy atom. The first-order chi connectivity index (χ1) is 14.1. The first-order valence-electron chi connectivity index (χ1n) is 9.23. The highest BCUT2D eigenvalue weighted by molar-refractivity contribution is 7.15. The number of methoxy groups -OCH3 is 1. The number of carbonyl (C=O) groups excluding carboxylic acids is 1. The second kappa shape index (κ2) is 8.68. The smallest absolute Gasteiger partial charge is 0.220 e. The van der Waals surface area contributed by atoms with Gasteiger partial charge < -0.3 is 10.1 Å². The maximum absolute atomic E-state index is 12.3. The molecule has 2 heterocycles. The van der Waals surface area contributed by atoms with Gasteiger partial charge in [-0.1, -0.05) is 35.9 Å². The van der Waals surface area contributed by atoms with E-state index in [4.69, 9.17) is 16.3 Å². The summed E-state index contributed by atoms with van der Waals surface area (Å²) in [6, 6.07) is 15.3. The fourth-order valence-electron chi connectivity index (χ4n) is 3.04. The van der Waals surface area contributed by atoms with Crippen molar-refractivity contribution in [2.75, 3.05) is 7.11 Å². The van der Waals surface area contributed by atoms with Gasteiger partial charge in [-0.3, -0.25) is 9.20 Å². The molecule has 2 aromatic carbocycles. The molecule has 1 amide bonds. The predicted molar refractivity (Wildman–Crippen MR) is 117 cm³/mol. The lowest BCUT2D eigenvalue weighted by molar-refractivity contribution is -0.121. The van der Waals surface area contributed by atoms with Crippen molar-refractivity contribution in [2.24, 2.45) is 0 Å². The number of nitrogens with zero attached hydrogens (tertiary/aromatic N) is 2. The minimum absolute atomic E-state index is 0.0261. The Kier molecular flexibility index (Phi) is 5.83. The lowest BCUT2D eigenvalue weighted by Crippen LogP contribution is -2.23. The van der Waals surface area contributed by atoms with E-state index in [9.17, 15) is 4.79 Å². The van der Waals surface area contributed by atoms with E-state index in [1.54, 1.807) is 18.4 Å². The third-order valence-corrected chi connectivity index (χ3v) is 5.82. The fourth-order valence-corrected chi connectivity index (χ4v) is 4.08. The number of aromatic nitrogens is 2. The summed E-state index contributed by atoms with van der Waals surface area (Å²) in [5, 5.41) is 5.73. The summed E-state index contributed by atoms with van der Waals surface area (Å²) < 4.78 is 7.21. The van der Waals surface area contributed by atoms with Gasteiger partial charge in [-0.2, -0.15) is 0 Å². The zero-order chi connectivity index (χ0) is 20.2. The second-order valence-corrected chi connectivity index (χ2v) is 7.91. The average Bonchev–Trinajstić information content (AvgIpc) is 3.33. The SMILES string of the molecule is COc1ccc(CNC(=O)CCc2csc3nc(-c4ccc(Cl)cc4)cn23)cc1. The molecule has 29 heavy (non-hydrogen) atoms. The molecule has 0 saturated carbocycles. The molecule has 0 atom stereocenters. The normalized spacial score (nSPS) is 11.0. The van der Waals surface area contributed by atoms with E-state index in [1.807, 2.05) is 54.7 Å². The Morgan fingerprint density at radius 3 is 2.66 bits per heavy atom. The number of fused-ring (bicyclic) bond motifs is 1. The van der Waals surface area contributed by atoms with Crippen molar-refractivity contribution in [1.82, 2.24) is 14.7 Å². The number of halogens is 1. The lowest BCUT2D eigenvalue weighted by Gasteiger charge is -2.06. The number of aryl methyl sites for hydroxylation is 1. The van der Waals surface area contributed by atoms with Crippen molar-refractivity contribution < 1.29 is 9.53 Å². The number of imidazole rings is 1. The van der Waals surface area contributed by atoms with E-state index < -0.39 is 0 Å². The van der Waals surface area contributed by atoms with Crippen molar-refractivity contribution >= 4 is 33.8 Å². The summed E-state index contributed by atoms with van der Waals surface area (Å²) >= 11 is 7.54. The van der Waals surface area contributed by atoms with Crippen LogP contribution in [0.4, 0.5) is 0 Å². The highest BCUT2D eigenvalue weighted by Crippen LogP contribution is 2.25. The van der Waals surface area contributed by atoms with E-state index >= 15 is 0 Å². The van der Waals surface area contributed by atoms with Crippen LogP contribution in [0, 0.1) is 0 Å². The average molecular weight is 426 g/mol. The molecule has 0 aliphatic rings. The molecule has 0 radical (unpaired) electrons. The number of benzene rings is 2.